The highest BCUT2D eigenvalue weighted by Crippen LogP contribution is 2.27. The van der Waals surface area contributed by atoms with E-state index in [1.165, 1.54) is 17.7 Å². The van der Waals surface area contributed by atoms with Crippen molar-refractivity contribution in [2.75, 3.05) is 11.9 Å². The summed E-state index contributed by atoms with van der Waals surface area (Å²) in [6.45, 7) is 4.57. The fourth-order valence-electron chi connectivity index (χ4n) is 3.65. The Bertz CT molecular complexity index is 1020. The largest absolute Gasteiger partial charge is 0.352 e. The van der Waals surface area contributed by atoms with Gasteiger partial charge >= 0.3 is 12.1 Å². The number of imide groups is 1. The Hall–Kier alpha value is -3.26. The summed E-state index contributed by atoms with van der Waals surface area (Å²) in [6, 6.07) is 13.0. The third-order valence-electron chi connectivity index (χ3n) is 5.72. The lowest BCUT2D eigenvalue weighted by Gasteiger charge is -2.42. The first-order valence-electron chi connectivity index (χ1n) is 11.1. The van der Waals surface area contributed by atoms with Gasteiger partial charge in [0.05, 0.1) is 6.54 Å². The molecule has 0 spiro atoms. The third kappa shape index (κ3) is 5.57. The zero-order valence-electron chi connectivity index (χ0n) is 18.7. The molecule has 0 bridgehead atoms. The van der Waals surface area contributed by atoms with E-state index in [0.29, 0.717) is 28.7 Å². The van der Waals surface area contributed by atoms with Crippen molar-refractivity contribution in [3.05, 3.63) is 64.7 Å². The highest BCUT2D eigenvalue weighted by Gasteiger charge is 2.39. The molecule has 1 aliphatic carbocycles. The van der Waals surface area contributed by atoms with E-state index in [0.717, 1.165) is 5.56 Å². The lowest BCUT2D eigenvalue weighted by molar-refractivity contribution is 0.0949. The molecule has 2 aromatic carbocycles. The van der Waals surface area contributed by atoms with Crippen molar-refractivity contribution >= 4 is 35.3 Å². The van der Waals surface area contributed by atoms with E-state index in [9.17, 15) is 14.4 Å². The van der Waals surface area contributed by atoms with Gasteiger partial charge in [-0.1, -0.05) is 23.7 Å². The van der Waals surface area contributed by atoms with Crippen LogP contribution >= 0.6 is 11.6 Å². The summed E-state index contributed by atoms with van der Waals surface area (Å²) in [5, 5.41) is 9.61. The molecule has 9 heteroatoms. The molecule has 2 aromatic rings. The van der Waals surface area contributed by atoms with E-state index >= 15 is 0 Å². The molecule has 1 heterocycles. The van der Waals surface area contributed by atoms with Crippen LogP contribution in [0.2, 0.25) is 5.02 Å². The quantitative estimate of drug-likeness (QED) is 0.539. The monoisotopic (exact) mass is 469 g/mol. The molecular formula is C24H28ClN5O3. The van der Waals surface area contributed by atoms with Gasteiger partial charge in [-0.15, -0.1) is 0 Å². The molecule has 8 nitrogen and oxygen atoms in total. The molecule has 1 saturated heterocycles. The van der Waals surface area contributed by atoms with Gasteiger partial charge in [0.2, 0.25) is 0 Å². The summed E-state index contributed by atoms with van der Waals surface area (Å²) in [4.78, 5) is 40.9. The first-order valence-corrected chi connectivity index (χ1v) is 11.5. The second-order valence-electron chi connectivity index (χ2n) is 8.73. The Morgan fingerprint density at radius 2 is 1.76 bits per heavy atom. The molecule has 2 aliphatic rings. The number of carbonyl (C=O) groups excluding carboxylic acids is 3. The zero-order chi connectivity index (χ0) is 23.5. The zero-order valence-corrected chi connectivity index (χ0v) is 19.4. The van der Waals surface area contributed by atoms with Crippen molar-refractivity contribution in [2.24, 2.45) is 5.92 Å². The van der Waals surface area contributed by atoms with Crippen LogP contribution in [0, 0.1) is 5.92 Å². The number of rotatable bonds is 8. The van der Waals surface area contributed by atoms with Gasteiger partial charge in [-0.3, -0.25) is 15.0 Å². The number of benzene rings is 2. The summed E-state index contributed by atoms with van der Waals surface area (Å²) in [5.41, 5.74) is 2.11. The highest BCUT2D eigenvalue weighted by atomic mass is 35.5. The number of hydrogen-bond acceptors (Lipinski definition) is 4. The second-order valence-corrected chi connectivity index (χ2v) is 9.16. The van der Waals surface area contributed by atoms with E-state index in [-0.39, 0.29) is 18.5 Å². The van der Waals surface area contributed by atoms with Gasteiger partial charge in [0.25, 0.3) is 5.91 Å². The average molecular weight is 470 g/mol. The fraction of sp³-hybridized carbons (Fsp3) is 0.375. The molecule has 33 heavy (non-hydrogen) atoms. The van der Waals surface area contributed by atoms with Crippen molar-refractivity contribution in [3.63, 3.8) is 0 Å². The number of urea groups is 2. The maximum absolute atomic E-state index is 13.2. The maximum Gasteiger partial charge on any atom is 0.331 e. The molecule has 1 unspecified atom stereocenters. The molecule has 0 radical (unpaired) electrons. The number of amides is 5. The molecule has 1 atom stereocenters. The molecule has 0 aromatic heterocycles. The van der Waals surface area contributed by atoms with Crippen molar-refractivity contribution in [1.82, 2.24) is 20.4 Å². The van der Waals surface area contributed by atoms with Crippen LogP contribution in [0.3, 0.4) is 0 Å². The molecule has 174 valence electrons. The lowest BCUT2D eigenvalue weighted by atomic mass is 10.2. The SMILES string of the molecule is CC(C)N1C(=O)NC(Nc2ccc(C(=O)NCC3CC3)cc2)N(Cc2ccc(Cl)cc2)C1=O. The minimum atomic E-state index is -0.759. The third-order valence-corrected chi connectivity index (χ3v) is 5.98. The fourth-order valence-corrected chi connectivity index (χ4v) is 3.78. The second kappa shape index (κ2) is 9.70. The molecule has 4 rings (SSSR count). The minimum Gasteiger partial charge on any atom is -0.352 e. The van der Waals surface area contributed by atoms with Crippen LogP contribution in [-0.2, 0) is 6.54 Å². The Kier molecular flexibility index (Phi) is 6.74. The van der Waals surface area contributed by atoms with Gasteiger partial charge in [-0.25, -0.2) is 14.5 Å². The van der Waals surface area contributed by atoms with E-state index in [2.05, 4.69) is 16.0 Å². The first-order chi connectivity index (χ1) is 15.8. The Morgan fingerprint density at radius 3 is 2.36 bits per heavy atom. The van der Waals surface area contributed by atoms with Crippen molar-refractivity contribution in [1.29, 1.82) is 0 Å². The highest BCUT2D eigenvalue weighted by molar-refractivity contribution is 6.30. The lowest BCUT2D eigenvalue weighted by Crippen LogP contribution is -2.68. The Morgan fingerprint density at radius 1 is 1.09 bits per heavy atom. The smallest absolute Gasteiger partial charge is 0.331 e. The molecule has 1 aliphatic heterocycles. The van der Waals surface area contributed by atoms with E-state index in [4.69, 9.17) is 11.6 Å². The van der Waals surface area contributed by atoms with E-state index < -0.39 is 18.4 Å². The van der Waals surface area contributed by atoms with Crippen LogP contribution in [0.4, 0.5) is 15.3 Å². The minimum absolute atomic E-state index is 0.105. The topological polar surface area (TPSA) is 93.8 Å². The molecule has 2 fully saturated rings. The number of anilines is 1. The maximum atomic E-state index is 13.2. The van der Waals surface area contributed by atoms with Crippen LogP contribution in [0.25, 0.3) is 0 Å². The number of hydrogen-bond donors (Lipinski definition) is 3. The van der Waals surface area contributed by atoms with Crippen LogP contribution in [0.1, 0.15) is 42.6 Å². The number of halogens is 1. The van der Waals surface area contributed by atoms with Crippen molar-refractivity contribution in [3.8, 4) is 0 Å². The number of carbonyl (C=O) groups is 3. The van der Waals surface area contributed by atoms with Crippen LogP contribution in [0.5, 0.6) is 0 Å². The summed E-state index contributed by atoms with van der Waals surface area (Å²) < 4.78 is 0. The van der Waals surface area contributed by atoms with Crippen molar-refractivity contribution < 1.29 is 14.4 Å². The Balaban J connectivity index is 1.49. The van der Waals surface area contributed by atoms with Gasteiger partial charge < -0.3 is 10.6 Å². The molecule has 1 saturated carbocycles. The van der Waals surface area contributed by atoms with Gasteiger partial charge in [-0.2, -0.15) is 0 Å². The average Bonchev–Trinajstić information content (AvgIpc) is 3.61. The van der Waals surface area contributed by atoms with E-state index in [1.807, 2.05) is 12.1 Å². The van der Waals surface area contributed by atoms with E-state index in [1.54, 1.807) is 55.1 Å². The molecule has 3 N–H and O–H groups in total. The summed E-state index contributed by atoms with van der Waals surface area (Å²) in [6.07, 6.45) is 1.59. The predicted molar refractivity (Wildman–Crippen MR) is 127 cm³/mol. The number of nitrogens with one attached hydrogen (secondary N) is 3. The van der Waals surface area contributed by atoms with Gasteiger partial charge in [0.1, 0.15) is 0 Å². The van der Waals surface area contributed by atoms with Gasteiger partial charge in [0.15, 0.2) is 6.29 Å². The number of nitrogens with zero attached hydrogens (tertiary/aromatic N) is 2. The van der Waals surface area contributed by atoms with Gasteiger partial charge in [-0.05, 0) is 74.6 Å². The van der Waals surface area contributed by atoms with Crippen LogP contribution < -0.4 is 16.0 Å². The first kappa shape index (κ1) is 22.9. The van der Waals surface area contributed by atoms with Gasteiger partial charge in [0, 0.05) is 28.9 Å². The predicted octanol–water partition coefficient (Wildman–Crippen LogP) is 4.23. The molecule has 5 amide bonds. The standard InChI is InChI=1S/C24H28ClN5O3/c1-15(2)30-23(32)28-22(29(24(30)33)14-17-5-9-19(25)10-6-17)27-20-11-7-18(8-12-20)21(31)26-13-16-3-4-16/h5-12,15-16,22,27H,3-4,13-14H2,1-2H3,(H,26,31)(H,28,32). The summed E-state index contributed by atoms with van der Waals surface area (Å²) in [7, 11) is 0. The summed E-state index contributed by atoms with van der Waals surface area (Å²) in [5.74, 6) is 0.505. The summed E-state index contributed by atoms with van der Waals surface area (Å²) >= 11 is 5.99. The van der Waals surface area contributed by atoms with Crippen molar-refractivity contribution in [2.45, 2.75) is 45.6 Å². The molecular weight excluding hydrogens is 442 g/mol. The Labute approximate surface area is 198 Å². The van der Waals surface area contributed by atoms with Crippen LogP contribution in [0.15, 0.2) is 48.5 Å². The van der Waals surface area contributed by atoms with Crippen LogP contribution in [-0.4, -0.2) is 46.6 Å². The normalized spacial score (nSPS) is 18.4.